The van der Waals surface area contributed by atoms with E-state index in [1.54, 1.807) is 0 Å². The molecule has 1 aliphatic rings. The van der Waals surface area contributed by atoms with Crippen LogP contribution in [0.1, 0.15) is 29.5 Å². The topological polar surface area (TPSA) is 75.3 Å². The van der Waals surface area contributed by atoms with Crippen LogP contribution in [0.3, 0.4) is 0 Å². The second-order valence-corrected chi connectivity index (χ2v) is 8.78. The molecule has 0 spiro atoms. The number of hydrogen-bond acceptors (Lipinski definition) is 4. The minimum atomic E-state index is -3.45. The lowest BCUT2D eigenvalue weighted by atomic mass is 9.95. The first kappa shape index (κ1) is 20.9. The minimum absolute atomic E-state index is 0. The number of rotatable bonds is 5. The number of hydrogen-bond donors (Lipinski definition) is 2. The van der Waals surface area contributed by atoms with Crippen molar-refractivity contribution >= 4 is 28.2 Å². The summed E-state index contributed by atoms with van der Waals surface area (Å²) in [6.07, 6.45) is 2.54. The van der Waals surface area contributed by atoms with E-state index in [9.17, 15) is 13.2 Å². The lowest BCUT2D eigenvalue weighted by Crippen LogP contribution is -2.57. The van der Waals surface area contributed by atoms with Gasteiger partial charge in [-0.1, -0.05) is 23.8 Å². The SMILES string of the molecule is Cc1ccc(CCNC(=O)C2(S(C)(=O)=O)CCNCC2)c(C)c1.Cl. The Morgan fingerprint density at radius 2 is 1.88 bits per heavy atom. The molecule has 1 amide bonds. The number of amides is 1. The quantitative estimate of drug-likeness (QED) is 0.820. The van der Waals surface area contributed by atoms with Crippen LogP contribution >= 0.6 is 12.4 Å². The number of carbonyl (C=O) groups is 1. The molecule has 0 radical (unpaired) electrons. The van der Waals surface area contributed by atoms with E-state index in [1.807, 2.05) is 6.92 Å². The van der Waals surface area contributed by atoms with Gasteiger partial charge in [-0.3, -0.25) is 4.79 Å². The third kappa shape index (κ3) is 4.49. The fraction of sp³-hybridized carbons (Fsp3) is 0.588. The van der Waals surface area contributed by atoms with Gasteiger partial charge in [0.2, 0.25) is 5.91 Å². The number of sulfone groups is 1. The van der Waals surface area contributed by atoms with Crippen molar-refractivity contribution in [2.45, 2.75) is 37.9 Å². The summed E-state index contributed by atoms with van der Waals surface area (Å²) < 4.78 is 23.1. The highest BCUT2D eigenvalue weighted by Crippen LogP contribution is 2.28. The molecule has 0 bridgehead atoms. The number of halogens is 1. The van der Waals surface area contributed by atoms with Gasteiger partial charge in [-0.2, -0.15) is 0 Å². The monoisotopic (exact) mass is 374 g/mol. The second-order valence-electron chi connectivity index (χ2n) is 6.45. The maximum Gasteiger partial charge on any atom is 0.241 e. The van der Waals surface area contributed by atoms with Crippen molar-refractivity contribution in [3.8, 4) is 0 Å². The van der Waals surface area contributed by atoms with Crippen LogP contribution < -0.4 is 10.6 Å². The van der Waals surface area contributed by atoms with Gasteiger partial charge in [0.05, 0.1) is 0 Å². The lowest BCUT2D eigenvalue weighted by molar-refractivity contribution is -0.124. The summed E-state index contributed by atoms with van der Waals surface area (Å²) in [4.78, 5) is 12.6. The molecule has 1 heterocycles. The van der Waals surface area contributed by atoms with Crippen LogP contribution in [-0.2, 0) is 21.1 Å². The van der Waals surface area contributed by atoms with Gasteiger partial charge in [0.15, 0.2) is 14.6 Å². The Morgan fingerprint density at radius 1 is 1.25 bits per heavy atom. The first-order chi connectivity index (χ1) is 10.8. The van der Waals surface area contributed by atoms with E-state index >= 15 is 0 Å². The molecule has 0 unspecified atom stereocenters. The molecule has 0 saturated carbocycles. The number of carbonyl (C=O) groups excluding carboxylic acids is 1. The van der Waals surface area contributed by atoms with Gasteiger partial charge in [-0.05, 0) is 57.3 Å². The van der Waals surface area contributed by atoms with Gasteiger partial charge < -0.3 is 10.6 Å². The zero-order chi connectivity index (χ0) is 17.1. The van der Waals surface area contributed by atoms with Crippen LogP contribution in [0, 0.1) is 13.8 Å². The van der Waals surface area contributed by atoms with E-state index in [-0.39, 0.29) is 18.3 Å². The molecule has 7 heteroatoms. The van der Waals surface area contributed by atoms with Crippen LogP contribution in [0.2, 0.25) is 0 Å². The van der Waals surface area contributed by atoms with Crippen molar-refractivity contribution in [2.75, 3.05) is 25.9 Å². The van der Waals surface area contributed by atoms with Gasteiger partial charge in [0.1, 0.15) is 0 Å². The van der Waals surface area contributed by atoms with Gasteiger partial charge >= 0.3 is 0 Å². The molecule has 2 rings (SSSR count). The van der Waals surface area contributed by atoms with Crippen molar-refractivity contribution in [1.29, 1.82) is 0 Å². The van der Waals surface area contributed by atoms with Gasteiger partial charge in [-0.25, -0.2) is 8.42 Å². The van der Waals surface area contributed by atoms with Crippen molar-refractivity contribution < 1.29 is 13.2 Å². The molecule has 2 N–H and O–H groups in total. The van der Waals surface area contributed by atoms with Crippen LogP contribution in [-0.4, -0.2) is 45.0 Å². The number of aryl methyl sites for hydroxylation is 2. The van der Waals surface area contributed by atoms with E-state index < -0.39 is 14.6 Å². The van der Waals surface area contributed by atoms with Gasteiger partial charge in [-0.15, -0.1) is 12.4 Å². The predicted molar refractivity (Wildman–Crippen MR) is 99.6 cm³/mol. The second kappa shape index (κ2) is 8.32. The highest BCUT2D eigenvalue weighted by atomic mass is 35.5. The van der Waals surface area contributed by atoms with Crippen LogP contribution in [0.15, 0.2) is 18.2 Å². The molecule has 5 nitrogen and oxygen atoms in total. The summed E-state index contributed by atoms with van der Waals surface area (Å²) in [5.74, 6) is -0.355. The summed E-state index contributed by atoms with van der Waals surface area (Å²) >= 11 is 0. The highest BCUT2D eigenvalue weighted by molar-refractivity contribution is 7.92. The third-order valence-corrected chi connectivity index (χ3v) is 6.73. The fourth-order valence-corrected chi connectivity index (χ4v) is 4.55. The van der Waals surface area contributed by atoms with Gasteiger partial charge in [0, 0.05) is 12.8 Å². The molecular formula is C17H27ClN2O3S. The molecule has 0 atom stereocenters. The maximum atomic E-state index is 12.6. The Balaban J connectivity index is 0.00000288. The molecular weight excluding hydrogens is 348 g/mol. The normalized spacial score (nSPS) is 17.0. The summed E-state index contributed by atoms with van der Waals surface area (Å²) in [7, 11) is -3.45. The largest absolute Gasteiger partial charge is 0.354 e. The van der Waals surface area contributed by atoms with Crippen molar-refractivity contribution in [3.05, 3.63) is 34.9 Å². The molecule has 1 fully saturated rings. The van der Waals surface area contributed by atoms with E-state index in [4.69, 9.17) is 0 Å². The van der Waals surface area contributed by atoms with Crippen molar-refractivity contribution in [3.63, 3.8) is 0 Å². The average Bonchev–Trinajstić information content (AvgIpc) is 2.49. The zero-order valence-corrected chi connectivity index (χ0v) is 16.1. The summed E-state index contributed by atoms with van der Waals surface area (Å²) in [6, 6.07) is 6.23. The minimum Gasteiger partial charge on any atom is -0.354 e. The third-order valence-electron chi connectivity index (χ3n) is 4.71. The summed E-state index contributed by atoms with van der Waals surface area (Å²) in [6.45, 7) is 5.66. The summed E-state index contributed by atoms with van der Waals surface area (Å²) in [5, 5.41) is 5.96. The molecule has 1 aromatic carbocycles. The zero-order valence-electron chi connectivity index (χ0n) is 14.5. The first-order valence-corrected chi connectivity index (χ1v) is 9.90. The Bertz CT molecular complexity index is 683. The maximum absolute atomic E-state index is 12.6. The van der Waals surface area contributed by atoms with E-state index in [0.29, 0.717) is 38.9 Å². The number of nitrogens with one attached hydrogen (secondary N) is 2. The summed E-state index contributed by atoms with van der Waals surface area (Å²) in [5.41, 5.74) is 3.58. The molecule has 0 aromatic heterocycles. The average molecular weight is 375 g/mol. The Morgan fingerprint density at radius 3 is 2.42 bits per heavy atom. The molecule has 24 heavy (non-hydrogen) atoms. The Hall–Kier alpha value is -1.11. The first-order valence-electron chi connectivity index (χ1n) is 8.01. The van der Waals surface area contributed by atoms with Crippen molar-refractivity contribution in [2.24, 2.45) is 0 Å². The van der Waals surface area contributed by atoms with E-state index in [2.05, 4.69) is 35.8 Å². The van der Waals surface area contributed by atoms with Crippen LogP contribution in [0.4, 0.5) is 0 Å². The standard InChI is InChI=1S/C17H26N2O3S.ClH/c1-13-4-5-15(14(2)12-13)6-9-19-16(20)17(23(3,21)22)7-10-18-11-8-17;/h4-5,12,18H,6-11H2,1-3H3,(H,19,20);1H. The predicted octanol–water partition coefficient (Wildman–Crippen LogP) is 1.55. The molecule has 1 aliphatic heterocycles. The smallest absolute Gasteiger partial charge is 0.241 e. The molecule has 1 aromatic rings. The highest BCUT2D eigenvalue weighted by Gasteiger charge is 2.48. The Labute approximate surface area is 150 Å². The van der Waals surface area contributed by atoms with E-state index in [0.717, 1.165) is 0 Å². The number of benzene rings is 1. The van der Waals surface area contributed by atoms with Crippen LogP contribution in [0.5, 0.6) is 0 Å². The Kier molecular flexibility index (Phi) is 7.25. The number of piperidine rings is 1. The van der Waals surface area contributed by atoms with Gasteiger partial charge in [0.25, 0.3) is 0 Å². The van der Waals surface area contributed by atoms with Crippen molar-refractivity contribution in [1.82, 2.24) is 10.6 Å². The molecule has 136 valence electrons. The van der Waals surface area contributed by atoms with E-state index in [1.165, 1.54) is 22.9 Å². The molecule has 1 saturated heterocycles. The lowest BCUT2D eigenvalue weighted by Gasteiger charge is -2.34. The van der Waals surface area contributed by atoms with Crippen LogP contribution in [0.25, 0.3) is 0 Å². The molecule has 0 aliphatic carbocycles. The fourth-order valence-electron chi connectivity index (χ4n) is 3.19.